The van der Waals surface area contributed by atoms with E-state index in [1.807, 2.05) is 13.8 Å². The zero-order chi connectivity index (χ0) is 18.3. The van der Waals surface area contributed by atoms with Crippen LogP contribution in [0.25, 0.3) is 4.91 Å². The first-order valence-corrected chi connectivity index (χ1v) is 8.88. The van der Waals surface area contributed by atoms with E-state index < -0.39 is 17.8 Å². The van der Waals surface area contributed by atoms with Crippen molar-refractivity contribution in [1.82, 2.24) is 0 Å². The predicted octanol–water partition coefficient (Wildman–Crippen LogP) is 6.64. The van der Waals surface area contributed by atoms with Crippen molar-refractivity contribution in [1.29, 1.82) is 0 Å². The molecule has 0 aliphatic carbocycles. The van der Waals surface area contributed by atoms with Crippen LogP contribution in [0.2, 0.25) is 0 Å². The molecule has 0 fully saturated rings. The molecule has 0 heterocycles. The Balaban J connectivity index is 2.81. The second-order valence-electron chi connectivity index (χ2n) is 5.98. The SMILES string of the molecule is C=C(SC(=C(C)C)C(O)CCCCC)c1ccc(C(F)(F)F)cc1. The number of hydrogen-bond donors (Lipinski definition) is 1. The molecule has 0 amide bonds. The van der Waals surface area contributed by atoms with Gasteiger partial charge in [-0.25, -0.2) is 0 Å². The van der Waals surface area contributed by atoms with Gasteiger partial charge in [0, 0.05) is 9.81 Å². The minimum atomic E-state index is -4.34. The number of aliphatic hydroxyl groups excluding tert-OH is 1. The third kappa shape index (κ3) is 6.36. The summed E-state index contributed by atoms with van der Waals surface area (Å²) < 4.78 is 37.9. The average Bonchev–Trinajstić information content (AvgIpc) is 2.51. The lowest BCUT2D eigenvalue weighted by Gasteiger charge is -2.18. The Kier molecular flexibility index (Phi) is 8.10. The van der Waals surface area contributed by atoms with Crippen LogP contribution in [-0.4, -0.2) is 11.2 Å². The Bertz CT molecular complexity index is 569. The molecule has 0 aliphatic heterocycles. The Hall–Kier alpha value is -1.20. The molecule has 1 nitrogen and oxygen atoms in total. The van der Waals surface area contributed by atoms with Gasteiger partial charge in [0.1, 0.15) is 0 Å². The van der Waals surface area contributed by atoms with E-state index >= 15 is 0 Å². The largest absolute Gasteiger partial charge is 0.416 e. The number of rotatable bonds is 8. The van der Waals surface area contributed by atoms with Crippen molar-refractivity contribution in [3.63, 3.8) is 0 Å². The van der Waals surface area contributed by atoms with E-state index in [2.05, 4.69) is 13.5 Å². The Morgan fingerprint density at radius 3 is 2.21 bits per heavy atom. The van der Waals surface area contributed by atoms with E-state index in [-0.39, 0.29) is 0 Å². The number of benzene rings is 1. The van der Waals surface area contributed by atoms with E-state index in [1.54, 1.807) is 0 Å². The monoisotopic (exact) mass is 358 g/mol. The molecule has 0 saturated carbocycles. The topological polar surface area (TPSA) is 20.2 Å². The minimum Gasteiger partial charge on any atom is -0.388 e. The third-order valence-electron chi connectivity index (χ3n) is 3.64. The summed E-state index contributed by atoms with van der Waals surface area (Å²) in [5.41, 5.74) is 0.954. The fourth-order valence-corrected chi connectivity index (χ4v) is 3.24. The van der Waals surface area contributed by atoms with Gasteiger partial charge in [-0.2, -0.15) is 13.2 Å². The van der Waals surface area contributed by atoms with Gasteiger partial charge < -0.3 is 5.11 Å². The molecule has 0 spiro atoms. The molecule has 0 aromatic heterocycles. The molecule has 24 heavy (non-hydrogen) atoms. The summed E-state index contributed by atoms with van der Waals surface area (Å²) in [5.74, 6) is 0. The summed E-state index contributed by atoms with van der Waals surface area (Å²) in [6.07, 6.45) is -1.12. The Morgan fingerprint density at radius 1 is 1.17 bits per heavy atom. The van der Waals surface area contributed by atoms with Crippen molar-refractivity contribution in [3.8, 4) is 0 Å². The van der Waals surface area contributed by atoms with Gasteiger partial charge in [0.05, 0.1) is 11.7 Å². The molecular formula is C19H25F3OS. The molecule has 0 saturated heterocycles. The number of aliphatic hydroxyl groups is 1. The zero-order valence-corrected chi connectivity index (χ0v) is 15.2. The molecule has 1 aromatic rings. The van der Waals surface area contributed by atoms with Crippen LogP contribution in [0.1, 0.15) is 57.6 Å². The fraction of sp³-hybridized carbons (Fsp3) is 0.474. The summed E-state index contributed by atoms with van der Waals surface area (Å²) in [5, 5.41) is 10.4. The van der Waals surface area contributed by atoms with Crippen LogP contribution in [0.5, 0.6) is 0 Å². The summed E-state index contributed by atoms with van der Waals surface area (Å²) in [6, 6.07) is 4.95. The summed E-state index contributed by atoms with van der Waals surface area (Å²) in [6.45, 7) is 9.90. The molecule has 134 valence electrons. The average molecular weight is 358 g/mol. The first-order chi connectivity index (χ1) is 11.2. The summed E-state index contributed by atoms with van der Waals surface area (Å²) in [4.78, 5) is 1.46. The second-order valence-corrected chi connectivity index (χ2v) is 7.11. The van der Waals surface area contributed by atoms with E-state index in [1.165, 1.54) is 23.9 Å². The fourth-order valence-electron chi connectivity index (χ4n) is 2.26. The molecular weight excluding hydrogens is 333 g/mol. The van der Waals surface area contributed by atoms with Crippen molar-refractivity contribution in [2.45, 2.75) is 58.7 Å². The highest BCUT2D eigenvalue weighted by Crippen LogP contribution is 2.38. The minimum absolute atomic E-state index is 0.558. The number of unbranched alkanes of at least 4 members (excludes halogenated alkanes) is 2. The molecule has 1 unspecified atom stereocenters. The van der Waals surface area contributed by atoms with Crippen molar-refractivity contribution in [2.24, 2.45) is 0 Å². The van der Waals surface area contributed by atoms with Gasteiger partial charge in [-0.1, -0.05) is 62.2 Å². The van der Waals surface area contributed by atoms with E-state index in [0.29, 0.717) is 16.9 Å². The maximum atomic E-state index is 12.6. The van der Waals surface area contributed by atoms with Crippen molar-refractivity contribution >= 4 is 16.7 Å². The molecule has 5 heteroatoms. The highest BCUT2D eigenvalue weighted by atomic mass is 32.2. The van der Waals surface area contributed by atoms with Crippen LogP contribution in [0, 0.1) is 0 Å². The standard InChI is InChI=1S/C19H25F3OS/c1-5-6-7-8-17(23)18(13(2)3)24-14(4)15-9-11-16(12-10-15)19(20,21)22/h9-12,17,23H,4-8H2,1-3H3. The first-order valence-electron chi connectivity index (χ1n) is 8.06. The van der Waals surface area contributed by atoms with Gasteiger partial charge in [-0.15, -0.1) is 0 Å². The van der Waals surface area contributed by atoms with Crippen molar-refractivity contribution in [3.05, 3.63) is 52.4 Å². The Morgan fingerprint density at radius 2 is 1.75 bits per heavy atom. The second kappa shape index (κ2) is 9.33. The van der Waals surface area contributed by atoms with E-state index in [4.69, 9.17) is 0 Å². The smallest absolute Gasteiger partial charge is 0.388 e. The molecule has 0 aliphatic rings. The third-order valence-corrected chi connectivity index (χ3v) is 5.03. The first kappa shape index (κ1) is 20.8. The highest BCUT2D eigenvalue weighted by Gasteiger charge is 2.30. The lowest BCUT2D eigenvalue weighted by molar-refractivity contribution is -0.137. The number of hydrogen-bond acceptors (Lipinski definition) is 2. The van der Waals surface area contributed by atoms with Crippen LogP contribution in [-0.2, 0) is 6.18 Å². The Labute approximate surface area is 146 Å². The van der Waals surface area contributed by atoms with Gasteiger partial charge in [0.2, 0.25) is 0 Å². The number of allylic oxidation sites excluding steroid dienone is 1. The molecule has 1 atom stereocenters. The van der Waals surface area contributed by atoms with Crippen LogP contribution in [0.3, 0.4) is 0 Å². The number of halogens is 3. The molecule has 1 aromatic carbocycles. The zero-order valence-electron chi connectivity index (χ0n) is 14.4. The van der Waals surface area contributed by atoms with Gasteiger partial charge in [0.15, 0.2) is 0 Å². The highest BCUT2D eigenvalue weighted by molar-refractivity contribution is 8.11. The molecule has 0 bridgehead atoms. The van der Waals surface area contributed by atoms with Crippen LogP contribution in [0.15, 0.2) is 41.3 Å². The van der Waals surface area contributed by atoms with Crippen molar-refractivity contribution in [2.75, 3.05) is 0 Å². The molecule has 1 N–H and O–H groups in total. The van der Waals surface area contributed by atoms with E-state index in [0.717, 1.165) is 41.9 Å². The molecule has 1 rings (SSSR count). The maximum absolute atomic E-state index is 12.6. The predicted molar refractivity (Wildman–Crippen MR) is 96.6 cm³/mol. The van der Waals surface area contributed by atoms with Gasteiger partial charge in [-0.3, -0.25) is 0 Å². The van der Waals surface area contributed by atoms with Crippen LogP contribution < -0.4 is 0 Å². The van der Waals surface area contributed by atoms with Gasteiger partial charge in [-0.05, 0) is 38.0 Å². The quantitative estimate of drug-likeness (QED) is 0.525. The van der Waals surface area contributed by atoms with Gasteiger partial charge >= 0.3 is 6.18 Å². The van der Waals surface area contributed by atoms with E-state index in [9.17, 15) is 18.3 Å². The lowest BCUT2D eigenvalue weighted by atomic mass is 10.1. The van der Waals surface area contributed by atoms with Crippen molar-refractivity contribution < 1.29 is 18.3 Å². The number of thioether (sulfide) groups is 1. The van der Waals surface area contributed by atoms with Crippen LogP contribution in [0.4, 0.5) is 13.2 Å². The maximum Gasteiger partial charge on any atom is 0.416 e. The van der Waals surface area contributed by atoms with Crippen LogP contribution >= 0.6 is 11.8 Å². The summed E-state index contributed by atoms with van der Waals surface area (Å²) >= 11 is 1.34. The molecule has 0 radical (unpaired) electrons. The normalized spacial score (nSPS) is 12.8. The van der Waals surface area contributed by atoms with Gasteiger partial charge in [0.25, 0.3) is 0 Å². The number of alkyl halides is 3. The lowest BCUT2D eigenvalue weighted by Crippen LogP contribution is -2.09. The summed E-state index contributed by atoms with van der Waals surface area (Å²) in [7, 11) is 0.